The Morgan fingerprint density at radius 2 is 1.88 bits per heavy atom. The van der Waals surface area contributed by atoms with Crippen molar-refractivity contribution in [2.45, 2.75) is 51.7 Å². The van der Waals surface area contributed by atoms with Gasteiger partial charge in [0, 0.05) is 12.0 Å². The second-order valence-corrected chi connectivity index (χ2v) is 8.75. The quantitative estimate of drug-likeness (QED) is 0.590. The zero-order chi connectivity index (χ0) is 24.9. The molecule has 3 rings (SSSR count). The predicted molar refractivity (Wildman–Crippen MR) is 124 cm³/mol. The average Bonchev–Trinajstić information content (AvgIpc) is 2.79. The van der Waals surface area contributed by atoms with Gasteiger partial charge in [-0.3, -0.25) is 0 Å². The number of carbonyl (C=O) groups is 2. The molecule has 1 aliphatic rings. The number of aromatic nitrogens is 2. The standard InChI is InChI=1S/C25H28FN3O5/c1-15(23(30)32-5)27-21-14-20(24(31)34-25(2,3)4)28-22(29-21)16-6-10-18(11-7-16)33-19-12-8-17(26)9-13-19/h6,8-16H,7H2,1-5H3,(H,27,28,29)/t15-,16?/m0/s1. The minimum absolute atomic E-state index is 0.0743. The number of nitrogens with zero attached hydrogens (tertiary/aromatic N) is 2. The van der Waals surface area contributed by atoms with Crippen LogP contribution < -0.4 is 10.1 Å². The summed E-state index contributed by atoms with van der Waals surface area (Å²) in [5.74, 6) is 0.157. The van der Waals surface area contributed by atoms with E-state index in [0.29, 0.717) is 29.6 Å². The Balaban J connectivity index is 1.82. The van der Waals surface area contributed by atoms with Crippen molar-refractivity contribution in [2.75, 3.05) is 12.4 Å². The van der Waals surface area contributed by atoms with E-state index in [-0.39, 0.29) is 17.4 Å². The van der Waals surface area contributed by atoms with Crippen molar-refractivity contribution in [3.05, 3.63) is 71.7 Å². The smallest absolute Gasteiger partial charge is 0.357 e. The van der Waals surface area contributed by atoms with Crippen LogP contribution in [0.5, 0.6) is 5.75 Å². The van der Waals surface area contributed by atoms with Crippen molar-refractivity contribution in [3.63, 3.8) is 0 Å². The van der Waals surface area contributed by atoms with Crippen LogP contribution in [0, 0.1) is 5.82 Å². The van der Waals surface area contributed by atoms with Crippen LogP contribution >= 0.6 is 0 Å². The lowest BCUT2D eigenvalue weighted by Gasteiger charge is -2.21. The highest BCUT2D eigenvalue weighted by Gasteiger charge is 2.24. The Hall–Kier alpha value is -3.75. The van der Waals surface area contributed by atoms with Crippen molar-refractivity contribution in [3.8, 4) is 5.75 Å². The number of hydrogen-bond acceptors (Lipinski definition) is 8. The van der Waals surface area contributed by atoms with Crippen LogP contribution in [-0.2, 0) is 14.3 Å². The SMILES string of the molecule is COC(=O)[C@H](C)Nc1cc(C(=O)OC(C)(C)C)nc(C2C=CC(Oc3ccc(F)cc3)=CC2)n1. The number of benzene rings is 1. The number of rotatable bonds is 7. The maximum absolute atomic E-state index is 13.1. The fourth-order valence-electron chi connectivity index (χ4n) is 3.10. The molecule has 1 N–H and O–H groups in total. The molecule has 1 heterocycles. The van der Waals surface area contributed by atoms with Gasteiger partial charge in [0.15, 0.2) is 5.69 Å². The number of anilines is 1. The summed E-state index contributed by atoms with van der Waals surface area (Å²) in [6.45, 7) is 6.93. The lowest BCUT2D eigenvalue weighted by atomic mass is 9.99. The second-order valence-electron chi connectivity index (χ2n) is 8.75. The number of esters is 2. The van der Waals surface area contributed by atoms with Crippen molar-refractivity contribution in [2.24, 2.45) is 0 Å². The van der Waals surface area contributed by atoms with Crippen LogP contribution in [0.15, 0.2) is 54.3 Å². The largest absolute Gasteiger partial charge is 0.467 e. The molecule has 0 saturated heterocycles. The van der Waals surface area contributed by atoms with E-state index in [0.717, 1.165) is 0 Å². The van der Waals surface area contributed by atoms with Crippen molar-refractivity contribution < 1.29 is 28.2 Å². The van der Waals surface area contributed by atoms with Crippen molar-refractivity contribution in [1.29, 1.82) is 0 Å². The third-order valence-corrected chi connectivity index (χ3v) is 4.72. The lowest BCUT2D eigenvalue weighted by molar-refractivity contribution is -0.141. The molecule has 0 spiro atoms. The third-order valence-electron chi connectivity index (χ3n) is 4.72. The first-order chi connectivity index (χ1) is 16.0. The van der Waals surface area contributed by atoms with Gasteiger partial charge in [-0.2, -0.15) is 0 Å². The third kappa shape index (κ3) is 6.87. The predicted octanol–water partition coefficient (Wildman–Crippen LogP) is 4.55. The molecule has 1 aliphatic carbocycles. The van der Waals surface area contributed by atoms with Gasteiger partial charge in [-0.05, 0) is 70.5 Å². The highest BCUT2D eigenvalue weighted by molar-refractivity contribution is 5.88. The summed E-state index contributed by atoms with van der Waals surface area (Å²) in [4.78, 5) is 33.5. The molecule has 0 radical (unpaired) electrons. The summed E-state index contributed by atoms with van der Waals surface area (Å²) in [6, 6.07) is 6.50. The van der Waals surface area contributed by atoms with E-state index in [1.165, 1.54) is 25.3 Å². The highest BCUT2D eigenvalue weighted by Crippen LogP contribution is 2.28. The van der Waals surface area contributed by atoms with Gasteiger partial charge in [-0.1, -0.05) is 6.08 Å². The number of halogens is 1. The summed E-state index contributed by atoms with van der Waals surface area (Å²) in [5, 5.41) is 2.95. The van der Waals surface area contributed by atoms with E-state index >= 15 is 0 Å². The van der Waals surface area contributed by atoms with Gasteiger partial charge in [0.2, 0.25) is 0 Å². The molecule has 0 amide bonds. The zero-order valence-corrected chi connectivity index (χ0v) is 19.8. The fourth-order valence-corrected chi connectivity index (χ4v) is 3.10. The van der Waals surface area contributed by atoms with Crippen molar-refractivity contribution in [1.82, 2.24) is 9.97 Å². The molecule has 1 aromatic heterocycles. The van der Waals surface area contributed by atoms with Crippen LogP contribution in [0.25, 0.3) is 0 Å². The molecular weight excluding hydrogens is 441 g/mol. The molecule has 2 aromatic rings. The molecule has 8 nitrogen and oxygen atoms in total. The average molecular weight is 470 g/mol. The van der Waals surface area contributed by atoms with Crippen LogP contribution in [0.2, 0.25) is 0 Å². The molecule has 1 aromatic carbocycles. The van der Waals surface area contributed by atoms with Gasteiger partial charge in [0.1, 0.15) is 40.6 Å². The van der Waals surface area contributed by atoms with Crippen LogP contribution in [0.3, 0.4) is 0 Å². The van der Waals surface area contributed by atoms with E-state index in [1.54, 1.807) is 45.9 Å². The molecule has 0 fully saturated rings. The summed E-state index contributed by atoms with van der Waals surface area (Å²) >= 11 is 0. The Bertz CT molecular complexity index is 1110. The number of carbonyl (C=O) groups excluding carboxylic acids is 2. The van der Waals surface area contributed by atoms with E-state index in [4.69, 9.17) is 14.2 Å². The van der Waals surface area contributed by atoms with E-state index < -0.39 is 23.6 Å². The zero-order valence-electron chi connectivity index (χ0n) is 19.8. The summed E-state index contributed by atoms with van der Waals surface area (Å²) in [5.41, 5.74) is -0.625. The number of ether oxygens (including phenoxy) is 3. The number of hydrogen-bond donors (Lipinski definition) is 1. The van der Waals surface area contributed by atoms with E-state index in [1.807, 2.05) is 12.2 Å². The molecule has 0 saturated carbocycles. The summed E-state index contributed by atoms with van der Waals surface area (Å²) in [7, 11) is 1.29. The summed E-state index contributed by atoms with van der Waals surface area (Å²) < 4.78 is 29.1. The molecule has 2 atom stereocenters. The maximum Gasteiger partial charge on any atom is 0.357 e. The van der Waals surface area contributed by atoms with Crippen molar-refractivity contribution >= 4 is 17.8 Å². The lowest BCUT2D eigenvalue weighted by Crippen LogP contribution is -2.29. The summed E-state index contributed by atoms with van der Waals surface area (Å²) in [6.07, 6.45) is 6.00. The number of allylic oxidation sites excluding steroid dienone is 3. The first-order valence-corrected chi connectivity index (χ1v) is 10.8. The Morgan fingerprint density at radius 1 is 1.18 bits per heavy atom. The first kappa shape index (κ1) is 24.9. The van der Waals surface area contributed by atoms with E-state index in [2.05, 4.69) is 15.3 Å². The molecular formula is C25H28FN3O5. The molecule has 0 aliphatic heterocycles. The van der Waals surface area contributed by atoms with Gasteiger partial charge in [0.25, 0.3) is 0 Å². The first-order valence-electron chi connectivity index (χ1n) is 10.8. The fraction of sp³-hybridized carbons (Fsp3) is 0.360. The minimum atomic E-state index is -0.699. The van der Waals surface area contributed by atoms with E-state index in [9.17, 15) is 14.0 Å². The second kappa shape index (κ2) is 10.5. The van der Waals surface area contributed by atoms with Gasteiger partial charge in [0.05, 0.1) is 7.11 Å². The van der Waals surface area contributed by atoms with Gasteiger partial charge < -0.3 is 19.5 Å². The monoisotopic (exact) mass is 469 g/mol. The molecule has 34 heavy (non-hydrogen) atoms. The Kier molecular flexibility index (Phi) is 7.65. The van der Waals surface area contributed by atoms with Crippen LogP contribution in [0.1, 0.15) is 56.3 Å². The minimum Gasteiger partial charge on any atom is -0.467 e. The molecule has 9 heteroatoms. The van der Waals surface area contributed by atoms with Gasteiger partial charge in [-0.25, -0.2) is 23.9 Å². The van der Waals surface area contributed by atoms with Gasteiger partial charge in [-0.15, -0.1) is 0 Å². The molecule has 180 valence electrons. The van der Waals surface area contributed by atoms with Crippen LogP contribution in [0.4, 0.5) is 10.2 Å². The highest BCUT2D eigenvalue weighted by atomic mass is 19.1. The normalized spacial score (nSPS) is 16.3. The Morgan fingerprint density at radius 3 is 2.47 bits per heavy atom. The van der Waals surface area contributed by atoms with Crippen LogP contribution in [-0.4, -0.2) is 40.7 Å². The molecule has 1 unspecified atom stereocenters. The van der Waals surface area contributed by atoms with Gasteiger partial charge >= 0.3 is 11.9 Å². The Labute approximate surface area is 197 Å². The maximum atomic E-state index is 13.1. The number of methoxy groups -OCH3 is 1. The number of nitrogens with one attached hydrogen (secondary N) is 1. The molecule has 0 bridgehead atoms. The topological polar surface area (TPSA) is 99.6 Å².